The van der Waals surface area contributed by atoms with E-state index in [2.05, 4.69) is 26.0 Å². The third kappa shape index (κ3) is 3.96. The Morgan fingerprint density at radius 3 is 2.35 bits per heavy atom. The summed E-state index contributed by atoms with van der Waals surface area (Å²) in [6.07, 6.45) is -2.25. The number of aromatic nitrogens is 3. The molecule has 3 aromatic rings. The Hall–Kier alpha value is -1.36. The molecule has 0 spiro atoms. The van der Waals surface area contributed by atoms with Crippen LogP contribution in [-0.2, 0) is 5.41 Å². The van der Waals surface area contributed by atoms with Gasteiger partial charge in [-0.25, -0.2) is 9.67 Å². The predicted octanol–water partition coefficient (Wildman–Crippen LogP) is 6.63. The van der Waals surface area contributed by atoms with Crippen molar-refractivity contribution in [3.8, 4) is 5.69 Å². The number of hydroxylamine groups is 2. The number of benzene rings is 2. The SMILES string of the molecule is ON1CC(c2cc(Cl)c(Cl)c(Cl)c2)(C(F)(F)F)CC1c1ccc(-n2cncn2)c(Br)c1. The summed E-state index contributed by atoms with van der Waals surface area (Å²) in [5.74, 6) is 0. The van der Waals surface area contributed by atoms with Crippen LogP contribution in [0.5, 0.6) is 0 Å². The standard InChI is InChI=1S/C19H13BrCl3F3N4O/c20-12-3-10(1-2-15(12)29-9-27-8-28-29)16-6-18(7-30(16)31,19(24,25)26)11-4-13(21)17(23)14(22)5-11/h1-5,8-9,16,31H,6-7H2. The van der Waals surface area contributed by atoms with E-state index in [-0.39, 0.29) is 20.6 Å². The number of halogens is 7. The Balaban J connectivity index is 1.75. The van der Waals surface area contributed by atoms with Crippen LogP contribution in [-0.4, -0.2) is 37.8 Å². The summed E-state index contributed by atoms with van der Waals surface area (Å²) >= 11 is 21.4. The predicted molar refractivity (Wildman–Crippen MR) is 114 cm³/mol. The van der Waals surface area contributed by atoms with Crippen LogP contribution >= 0.6 is 50.7 Å². The number of hydrogen-bond acceptors (Lipinski definition) is 4. The van der Waals surface area contributed by atoms with E-state index in [0.717, 1.165) is 12.1 Å². The first-order valence-electron chi connectivity index (χ1n) is 8.85. The van der Waals surface area contributed by atoms with Crippen molar-refractivity contribution < 1.29 is 18.4 Å². The molecular formula is C19H13BrCl3F3N4O. The van der Waals surface area contributed by atoms with Gasteiger partial charge in [0.2, 0.25) is 0 Å². The van der Waals surface area contributed by atoms with Crippen LogP contribution in [0.2, 0.25) is 15.1 Å². The highest BCUT2D eigenvalue weighted by atomic mass is 79.9. The normalized spacial score (nSPS) is 22.3. The van der Waals surface area contributed by atoms with Crippen molar-refractivity contribution >= 4 is 50.7 Å². The fraction of sp³-hybridized carbons (Fsp3) is 0.263. The molecule has 1 aromatic heterocycles. The molecule has 0 bridgehead atoms. The van der Waals surface area contributed by atoms with Gasteiger partial charge in [0, 0.05) is 11.0 Å². The Morgan fingerprint density at radius 2 is 1.81 bits per heavy atom. The second-order valence-corrected chi connectivity index (χ2v) is 9.25. The van der Waals surface area contributed by atoms with E-state index in [0.29, 0.717) is 20.8 Å². The molecule has 0 saturated carbocycles. The largest absolute Gasteiger partial charge is 0.399 e. The zero-order valence-electron chi connectivity index (χ0n) is 15.4. The van der Waals surface area contributed by atoms with Crippen LogP contribution in [0.25, 0.3) is 5.69 Å². The molecule has 2 aromatic carbocycles. The molecule has 4 rings (SSSR count). The Kier molecular flexibility index (Phi) is 6.04. The Bertz CT molecular complexity index is 1110. The van der Waals surface area contributed by atoms with Gasteiger partial charge in [0.05, 0.1) is 26.8 Å². The molecule has 2 heterocycles. The third-order valence-corrected chi connectivity index (χ3v) is 7.27. The summed E-state index contributed by atoms with van der Waals surface area (Å²) in [4.78, 5) is 3.88. The molecule has 0 amide bonds. The van der Waals surface area contributed by atoms with Crippen LogP contribution in [0.1, 0.15) is 23.6 Å². The zero-order valence-corrected chi connectivity index (χ0v) is 19.3. The second kappa shape index (κ2) is 8.20. The molecule has 1 aliphatic heterocycles. The van der Waals surface area contributed by atoms with Gasteiger partial charge in [-0.2, -0.15) is 23.3 Å². The van der Waals surface area contributed by atoms with Gasteiger partial charge in [0.25, 0.3) is 0 Å². The molecule has 5 nitrogen and oxygen atoms in total. The summed E-state index contributed by atoms with van der Waals surface area (Å²) in [6.45, 7) is -0.683. The van der Waals surface area contributed by atoms with E-state index in [9.17, 15) is 18.4 Å². The van der Waals surface area contributed by atoms with Crippen molar-refractivity contribution in [1.29, 1.82) is 0 Å². The highest BCUT2D eigenvalue weighted by molar-refractivity contribution is 9.10. The van der Waals surface area contributed by atoms with Crippen LogP contribution in [0.4, 0.5) is 13.2 Å². The second-order valence-electron chi connectivity index (χ2n) is 7.20. The van der Waals surface area contributed by atoms with E-state index in [1.54, 1.807) is 18.2 Å². The average molecular weight is 557 g/mol. The van der Waals surface area contributed by atoms with Crippen molar-refractivity contribution in [2.24, 2.45) is 0 Å². The molecule has 1 saturated heterocycles. The monoisotopic (exact) mass is 554 g/mol. The van der Waals surface area contributed by atoms with Crippen molar-refractivity contribution in [1.82, 2.24) is 19.8 Å². The van der Waals surface area contributed by atoms with Gasteiger partial charge in [0.1, 0.15) is 18.1 Å². The van der Waals surface area contributed by atoms with E-state index in [1.165, 1.54) is 17.3 Å². The van der Waals surface area contributed by atoms with Crippen LogP contribution in [0, 0.1) is 0 Å². The van der Waals surface area contributed by atoms with E-state index in [1.807, 2.05) is 0 Å². The lowest BCUT2D eigenvalue weighted by Crippen LogP contribution is -2.44. The lowest BCUT2D eigenvalue weighted by Gasteiger charge is -2.32. The van der Waals surface area contributed by atoms with Gasteiger partial charge in [0.15, 0.2) is 0 Å². The molecule has 0 aliphatic carbocycles. The molecule has 1 N–H and O–H groups in total. The fourth-order valence-corrected chi connectivity index (χ4v) is 5.01. The van der Waals surface area contributed by atoms with Gasteiger partial charge in [-0.15, -0.1) is 0 Å². The lowest BCUT2D eigenvalue weighted by atomic mass is 9.77. The molecule has 12 heteroatoms. The molecule has 2 unspecified atom stereocenters. The maximum Gasteiger partial charge on any atom is 0.399 e. The fourth-order valence-electron chi connectivity index (χ4n) is 3.84. The van der Waals surface area contributed by atoms with Crippen LogP contribution < -0.4 is 0 Å². The Labute approximate surface area is 198 Å². The first kappa shape index (κ1) is 22.8. The first-order valence-corrected chi connectivity index (χ1v) is 10.8. The minimum atomic E-state index is -4.68. The van der Waals surface area contributed by atoms with Gasteiger partial charge >= 0.3 is 6.18 Å². The summed E-state index contributed by atoms with van der Waals surface area (Å²) in [7, 11) is 0. The van der Waals surface area contributed by atoms with Crippen molar-refractivity contribution in [3.05, 3.63) is 73.7 Å². The quantitative estimate of drug-likeness (QED) is 0.368. The molecule has 2 atom stereocenters. The number of rotatable bonds is 3. The van der Waals surface area contributed by atoms with E-state index < -0.39 is 30.6 Å². The smallest absolute Gasteiger partial charge is 0.313 e. The van der Waals surface area contributed by atoms with Crippen LogP contribution in [0.3, 0.4) is 0 Å². The highest BCUT2D eigenvalue weighted by Gasteiger charge is 2.62. The number of hydrogen-bond donors (Lipinski definition) is 1. The van der Waals surface area contributed by atoms with Gasteiger partial charge in [-0.3, -0.25) is 0 Å². The molecule has 1 aliphatic rings. The minimum Gasteiger partial charge on any atom is -0.313 e. The molecule has 0 radical (unpaired) electrons. The molecular weight excluding hydrogens is 543 g/mol. The Morgan fingerprint density at radius 1 is 1.13 bits per heavy atom. The van der Waals surface area contributed by atoms with Crippen molar-refractivity contribution in [2.45, 2.75) is 24.1 Å². The number of alkyl halides is 3. The van der Waals surface area contributed by atoms with E-state index >= 15 is 0 Å². The first-order chi connectivity index (χ1) is 14.5. The maximum absolute atomic E-state index is 14.4. The lowest BCUT2D eigenvalue weighted by molar-refractivity contribution is -0.196. The third-order valence-electron chi connectivity index (χ3n) is 5.43. The van der Waals surface area contributed by atoms with Crippen LogP contribution in [0.15, 0.2) is 47.5 Å². The van der Waals surface area contributed by atoms with Crippen molar-refractivity contribution in [3.63, 3.8) is 0 Å². The maximum atomic E-state index is 14.4. The van der Waals surface area contributed by atoms with Crippen molar-refractivity contribution in [2.75, 3.05) is 6.54 Å². The number of nitrogens with zero attached hydrogens (tertiary/aromatic N) is 4. The molecule has 31 heavy (non-hydrogen) atoms. The molecule has 164 valence electrons. The zero-order chi connectivity index (χ0) is 22.6. The minimum absolute atomic E-state index is 0.0209. The average Bonchev–Trinajstić information content (AvgIpc) is 3.33. The van der Waals surface area contributed by atoms with E-state index in [4.69, 9.17) is 34.8 Å². The van der Waals surface area contributed by atoms with Gasteiger partial charge in [-0.05, 0) is 57.7 Å². The van der Waals surface area contributed by atoms with Gasteiger partial charge in [-0.1, -0.05) is 40.9 Å². The topological polar surface area (TPSA) is 54.2 Å². The summed E-state index contributed by atoms with van der Waals surface area (Å²) in [6, 6.07) is 6.37. The molecule has 1 fully saturated rings. The highest BCUT2D eigenvalue weighted by Crippen LogP contribution is 2.54. The summed E-state index contributed by atoms with van der Waals surface area (Å²) < 4.78 is 45.2. The summed E-state index contributed by atoms with van der Waals surface area (Å²) in [5, 5.41) is 15.1. The summed E-state index contributed by atoms with van der Waals surface area (Å²) in [5.41, 5.74) is -1.39. The van der Waals surface area contributed by atoms with Gasteiger partial charge < -0.3 is 5.21 Å².